The molecule has 3 rings (SSSR count). The van der Waals surface area contributed by atoms with Crippen molar-refractivity contribution in [3.05, 3.63) is 95.3 Å². The lowest BCUT2D eigenvalue weighted by Crippen LogP contribution is -2.42. The van der Waals surface area contributed by atoms with Gasteiger partial charge in [0.2, 0.25) is 5.91 Å². The van der Waals surface area contributed by atoms with Crippen LogP contribution in [0.25, 0.3) is 0 Å². The summed E-state index contributed by atoms with van der Waals surface area (Å²) in [7, 11) is 0. The molecule has 2 aromatic carbocycles. The molecule has 2 amide bonds. The Bertz CT molecular complexity index is 884. The maximum Gasteiger partial charge on any atom is 0.286 e. The maximum absolute atomic E-state index is 13.2. The van der Waals surface area contributed by atoms with Gasteiger partial charge < -0.3 is 4.98 Å². The summed E-state index contributed by atoms with van der Waals surface area (Å²) in [4.78, 5) is 26.7. The van der Waals surface area contributed by atoms with Crippen molar-refractivity contribution in [1.29, 1.82) is 0 Å². The Morgan fingerprint density at radius 1 is 0.893 bits per heavy atom. The monoisotopic (exact) mass is 401 g/mol. The molecule has 0 aliphatic carbocycles. The van der Waals surface area contributed by atoms with E-state index in [2.05, 4.69) is 15.8 Å². The summed E-state index contributed by atoms with van der Waals surface area (Å²) < 4.78 is 26.5. The summed E-state index contributed by atoms with van der Waals surface area (Å²) in [5.74, 6) is -1.56. The molecule has 3 N–H and O–H groups in total. The van der Waals surface area contributed by atoms with Crippen LogP contribution in [0.3, 0.4) is 0 Å². The predicted molar refractivity (Wildman–Crippen MR) is 104 cm³/mol. The molecule has 0 unspecified atom stereocenters. The topological polar surface area (TPSA) is 74.0 Å². The smallest absolute Gasteiger partial charge is 0.286 e. The minimum Gasteiger partial charge on any atom is -0.357 e. The highest BCUT2D eigenvalue weighted by Gasteiger charge is 2.17. The summed E-state index contributed by atoms with van der Waals surface area (Å²) in [6.07, 6.45) is 1.60. The summed E-state index contributed by atoms with van der Waals surface area (Å²) in [5, 5.41) is -0.300. The second-order valence-electron chi connectivity index (χ2n) is 5.88. The summed E-state index contributed by atoms with van der Waals surface area (Å²) in [5.41, 5.74) is 6.55. The van der Waals surface area contributed by atoms with Crippen LogP contribution in [-0.2, 0) is 4.79 Å². The molecule has 3 aromatic rings. The fourth-order valence-corrected chi connectivity index (χ4v) is 3.61. The van der Waals surface area contributed by atoms with Crippen molar-refractivity contribution in [2.75, 3.05) is 5.75 Å². The number of aromatic amines is 1. The fourth-order valence-electron chi connectivity index (χ4n) is 2.52. The van der Waals surface area contributed by atoms with E-state index < -0.39 is 11.8 Å². The van der Waals surface area contributed by atoms with E-state index in [1.54, 1.807) is 42.6 Å². The molecule has 5 nitrogen and oxygen atoms in total. The third kappa shape index (κ3) is 5.20. The van der Waals surface area contributed by atoms with Crippen LogP contribution in [-0.4, -0.2) is 22.6 Å². The lowest BCUT2D eigenvalue weighted by atomic mass is 10.0. The Labute approximate surface area is 164 Å². The molecule has 0 radical (unpaired) electrons. The first kappa shape index (κ1) is 19.6. The molecule has 0 aliphatic rings. The summed E-state index contributed by atoms with van der Waals surface area (Å²) in [6.45, 7) is 0. The van der Waals surface area contributed by atoms with Crippen LogP contribution >= 0.6 is 11.8 Å². The molecule has 144 valence electrons. The first-order valence-electron chi connectivity index (χ1n) is 8.38. The average molecular weight is 401 g/mol. The number of hydrazine groups is 1. The Balaban J connectivity index is 1.64. The number of aromatic nitrogens is 1. The minimum atomic E-state index is -0.461. The number of halogens is 2. The highest BCUT2D eigenvalue weighted by atomic mass is 32.2. The van der Waals surface area contributed by atoms with E-state index in [1.807, 2.05) is 0 Å². The van der Waals surface area contributed by atoms with Gasteiger partial charge in [-0.05, 0) is 47.5 Å². The third-order valence-corrected chi connectivity index (χ3v) is 5.19. The van der Waals surface area contributed by atoms with Crippen LogP contribution in [0.2, 0.25) is 0 Å². The molecule has 0 spiro atoms. The molecular formula is C20H17F2N3O2S. The van der Waals surface area contributed by atoms with Gasteiger partial charge in [-0.15, -0.1) is 11.8 Å². The van der Waals surface area contributed by atoms with Gasteiger partial charge in [-0.2, -0.15) is 0 Å². The largest absolute Gasteiger partial charge is 0.357 e. The van der Waals surface area contributed by atoms with E-state index in [4.69, 9.17) is 0 Å². The molecular weight excluding hydrogens is 384 g/mol. The average Bonchev–Trinajstić information content (AvgIpc) is 3.24. The van der Waals surface area contributed by atoms with Gasteiger partial charge in [0, 0.05) is 6.20 Å². The van der Waals surface area contributed by atoms with Gasteiger partial charge >= 0.3 is 0 Å². The number of rotatable bonds is 6. The predicted octanol–water partition coefficient (Wildman–Crippen LogP) is 3.58. The number of carbonyl (C=O) groups excluding carboxylic acids is 2. The van der Waals surface area contributed by atoms with E-state index in [9.17, 15) is 18.4 Å². The lowest BCUT2D eigenvalue weighted by molar-refractivity contribution is -0.119. The highest BCUT2D eigenvalue weighted by Crippen LogP contribution is 2.35. The van der Waals surface area contributed by atoms with E-state index in [-0.39, 0.29) is 22.6 Å². The fraction of sp³-hybridized carbons (Fsp3) is 0.100. The van der Waals surface area contributed by atoms with Crippen LogP contribution in [0, 0.1) is 11.6 Å². The number of nitrogens with one attached hydrogen (secondary N) is 3. The van der Waals surface area contributed by atoms with Crippen molar-refractivity contribution < 1.29 is 18.4 Å². The van der Waals surface area contributed by atoms with Gasteiger partial charge in [-0.25, -0.2) is 8.78 Å². The second kappa shape index (κ2) is 9.18. The second-order valence-corrected chi connectivity index (χ2v) is 6.97. The molecule has 1 heterocycles. The highest BCUT2D eigenvalue weighted by molar-refractivity contribution is 8.00. The van der Waals surface area contributed by atoms with Crippen molar-refractivity contribution in [2.45, 2.75) is 5.25 Å². The molecule has 0 saturated carbocycles. The first-order chi connectivity index (χ1) is 13.5. The van der Waals surface area contributed by atoms with Crippen molar-refractivity contribution >= 4 is 23.6 Å². The van der Waals surface area contributed by atoms with Crippen molar-refractivity contribution in [2.24, 2.45) is 0 Å². The van der Waals surface area contributed by atoms with E-state index in [0.29, 0.717) is 5.69 Å². The van der Waals surface area contributed by atoms with Gasteiger partial charge in [0.1, 0.15) is 17.3 Å². The van der Waals surface area contributed by atoms with Crippen LogP contribution in [0.4, 0.5) is 8.78 Å². The number of hydrogen-bond acceptors (Lipinski definition) is 3. The molecule has 0 bridgehead atoms. The quantitative estimate of drug-likeness (QED) is 0.553. The first-order valence-corrected chi connectivity index (χ1v) is 9.43. The SMILES string of the molecule is O=C(CSC(c1ccc(F)cc1)c1ccc(F)cc1)NNC(=O)c1ccc[nH]1. The molecule has 28 heavy (non-hydrogen) atoms. The van der Waals surface area contributed by atoms with Crippen molar-refractivity contribution in [1.82, 2.24) is 15.8 Å². The molecule has 1 aromatic heterocycles. The Hall–Kier alpha value is -3.13. The van der Waals surface area contributed by atoms with Crippen LogP contribution in [0.5, 0.6) is 0 Å². The van der Waals surface area contributed by atoms with E-state index >= 15 is 0 Å². The Morgan fingerprint density at radius 2 is 1.46 bits per heavy atom. The minimum absolute atomic E-state index is 0.0322. The zero-order chi connectivity index (χ0) is 19.9. The number of benzene rings is 2. The molecule has 0 fully saturated rings. The van der Waals surface area contributed by atoms with Crippen LogP contribution < -0.4 is 10.9 Å². The number of amides is 2. The van der Waals surface area contributed by atoms with Gasteiger partial charge in [0.15, 0.2) is 0 Å². The Kier molecular flexibility index (Phi) is 6.44. The van der Waals surface area contributed by atoms with Crippen LogP contribution in [0.1, 0.15) is 26.9 Å². The number of carbonyl (C=O) groups is 2. The zero-order valence-corrected chi connectivity index (χ0v) is 15.4. The zero-order valence-electron chi connectivity index (χ0n) is 14.6. The number of hydrogen-bond donors (Lipinski definition) is 3. The molecule has 8 heteroatoms. The van der Waals surface area contributed by atoms with Gasteiger partial charge in [0.25, 0.3) is 5.91 Å². The molecule has 0 atom stereocenters. The van der Waals surface area contributed by atoms with Gasteiger partial charge in [-0.1, -0.05) is 24.3 Å². The third-order valence-electron chi connectivity index (χ3n) is 3.88. The summed E-state index contributed by atoms with van der Waals surface area (Å²) >= 11 is 1.28. The normalized spacial score (nSPS) is 10.7. The molecule has 0 saturated heterocycles. The Morgan fingerprint density at radius 3 is 1.96 bits per heavy atom. The lowest BCUT2D eigenvalue weighted by Gasteiger charge is -2.18. The number of H-pyrrole nitrogens is 1. The maximum atomic E-state index is 13.2. The van der Waals surface area contributed by atoms with E-state index in [0.717, 1.165) is 11.1 Å². The van der Waals surface area contributed by atoms with E-state index in [1.165, 1.54) is 36.0 Å². The van der Waals surface area contributed by atoms with Gasteiger partial charge in [-0.3, -0.25) is 20.4 Å². The summed E-state index contributed by atoms with van der Waals surface area (Å²) in [6, 6.07) is 15.1. The standard InChI is InChI=1S/C20H17F2N3O2S/c21-15-7-3-13(4-8-15)19(14-5-9-16(22)10-6-14)28-12-18(26)24-25-20(27)17-2-1-11-23-17/h1-11,19,23H,12H2,(H,24,26)(H,25,27). The molecule has 0 aliphatic heterocycles. The van der Waals surface area contributed by atoms with Gasteiger partial charge in [0.05, 0.1) is 11.0 Å². The number of thioether (sulfide) groups is 1. The van der Waals surface area contributed by atoms with Crippen molar-refractivity contribution in [3.8, 4) is 0 Å². The van der Waals surface area contributed by atoms with Crippen molar-refractivity contribution in [3.63, 3.8) is 0 Å². The van der Waals surface area contributed by atoms with Crippen LogP contribution in [0.15, 0.2) is 66.9 Å².